The second-order valence-electron chi connectivity index (χ2n) is 10.5. The van der Waals surface area contributed by atoms with E-state index in [0.717, 1.165) is 55.6 Å². The molecule has 208 valence electrons. The Morgan fingerprint density at radius 3 is 1.52 bits per heavy atom. The fourth-order valence-electron chi connectivity index (χ4n) is 5.56. The Morgan fingerprint density at radius 1 is 0.386 bits per heavy atom. The van der Waals surface area contributed by atoms with Crippen molar-refractivity contribution in [2.75, 3.05) is 4.90 Å². The molecule has 8 rings (SSSR count). The molecule has 0 amide bonds. The van der Waals surface area contributed by atoms with Crippen LogP contribution in [0.3, 0.4) is 0 Å². The number of para-hydroxylation sites is 1. The Morgan fingerprint density at radius 2 is 0.886 bits per heavy atom. The molecule has 2 aromatic heterocycles. The van der Waals surface area contributed by atoms with E-state index in [1.54, 1.807) is 0 Å². The summed E-state index contributed by atoms with van der Waals surface area (Å²) < 4.78 is 6.16. The van der Waals surface area contributed by atoms with Gasteiger partial charge in [-0.1, -0.05) is 121 Å². The summed E-state index contributed by atoms with van der Waals surface area (Å²) in [5.74, 6) is 1.74. The molecule has 0 radical (unpaired) electrons. The average Bonchev–Trinajstić information content (AvgIpc) is 3.48. The van der Waals surface area contributed by atoms with Crippen LogP contribution in [-0.4, -0.2) is 15.0 Å². The van der Waals surface area contributed by atoms with Crippen LogP contribution in [-0.2, 0) is 0 Å². The van der Waals surface area contributed by atoms with Gasteiger partial charge in [-0.2, -0.15) is 9.97 Å². The van der Waals surface area contributed by atoms with Crippen molar-refractivity contribution in [1.82, 2.24) is 15.0 Å². The van der Waals surface area contributed by atoms with Crippen molar-refractivity contribution in [3.8, 4) is 33.9 Å². The molecule has 5 heteroatoms. The summed E-state index contributed by atoms with van der Waals surface area (Å²) in [6.45, 7) is 0. The van der Waals surface area contributed by atoms with E-state index in [0.29, 0.717) is 17.6 Å². The van der Waals surface area contributed by atoms with Crippen molar-refractivity contribution in [3.63, 3.8) is 0 Å². The zero-order valence-electron chi connectivity index (χ0n) is 23.7. The third-order valence-corrected chi connectivity index (χ3v) is 7.74. The molecule has 0 unspecified atom stereocenters. The number of benzene rings is 6. The minimum atomic E-state index is 0.525. The maximum absolute atomic E-state index is 6.16. The van der Waals surface area contributed by atoms with Crippen molar-refractivity contribution >= 4 is 39.3 Å². The molecule has 0 aliphatic heterocycles. The highest BCUT2D eigenvalue weighted by Crippen LogP contribution is 2.39. The first-order chi connectivity index (χ1) is 21.8. The van der Waals surface area contributed by atoms with Crippen LogP contribution >= 0.6 is 0 Å². The van der Waals surface area contributed by atoms with E-state index >= 15 is 0 Å². The van der Waals surface area contributed by atoms with Gasteiger partial charge >= 0.3 is 0 Å². The van der Waals surface area contributed by atoms with Crippen LogP contribution in [0.5, 0.6) is 0 Å². The molecular formula is C39H26N4O. The van der Waals surface area contributed by atoms with Gasteiger partial charge in [-0.05, 0) is 47.5 Å². The van der Waals surface area contributed by atoms with E-state index in [4.69, 9.17) is 19.4 Å². The molecule has 5 nitrogen and oxygen atoms in total. The smallest absolute Gasteiger partial charge is 0.238 e. The zero-order chi connectivity index (χ0) is 29.3. The van der Waals surface area contributed by atoms with Gasteiger partial charge in [0, 0.05) is 33.3 Å². The van der Waals surface area contributed by atoms with Gasteiger partial charge in [-0.3, -0.25) is 4.90 Å². The zero-order valence-corrected chi connectivity index (χ0v) is 23.7. The fourth-order valence-corrected chi connectivity index (χ4v) is 5.56. The van der Waals surface area contributed by atoms with Crippen LogP contribution in [0.4, 0.5) is 17.3 Å². The molecule has 0 saturated carbocycles. The van der Waals surface area contributed by atoms with Crippen molar-refractivity contribution < 1.29 is 4.42 Å². The predicted molar refractivity (Wildman–Crippen MR) is 178 cm³/mol. The molecule has 0 atom stereocenters. The Kier molecular flexibility index (Phi) is 6.39. The van der Waals surface area contributed by atoms with Gasteiger partial charge in [0.25, 0.3) is 0 Å². The molecule has 8 aromatic rings. The minimum Gasteiger partial charge on any atom is -0.456 e. The summed E-state index contributed by atoms with van der Waals surface area (Å²) >= 11 is 0. The van der Waals surface area contributed by atoms with Gasteiger partial charge in [0.05, 0.1) is 0 Å². The van der Waals surface area contributed by atoms with E-state index in [9.17, 15) is 0 Å². The Hall–Kier alpha value is -6.07. The summed E-state index contributed by atoms with van der Waals surface area (Å²) in [6, 6.07) is 53.3. The monoisotopic (exact) mass is 566 g/mol. The second-order valence-corrected chi connectivity index (χ2v) is 10.5. The van der Waals surface area contributed by atoms with Crippen molar-refractivity contribution in [2.24, 2.45) is 0 Å². The molecule has 0 fully saturated rings. The van der Waals surface area contributed by atoms with Gasteiger partial charge in [-0.25, -0.2) is 4.98 Å². The van der Waals surface area contributed by atoms with Crippen LogP contribution in [0.15, 0.2) is 162 Å². The number of furan rings is 1. The van der Waals surface area contributed by atoms with Gasteiger partial charge < -0.3 is 4.42 Å². The number of anilines is 3. The highest BCUT2D eigenvalue weighted by molar-refractivity contribution is 6.06. The normalized spacial score (nSPS) is 11.2. The number of rotatable bonds is 6. The van der Waals surface area contributed by atoms with Crippen molar-refractivity contribution in [1.29, 1.82) is 0 Å². The lowest BCUT2D eigenvalue weighted by Gasteiger charge is -2.24. The molecule has 0 aliphatic carbocycles. The van der Waals surface area contributed by atoms with Crippen molar-refractivity contribution in [2.45, 2.75) is 0 Å². The van der Waals surface area contributed by atoms with Gasteiger partial charge in [0.15, 0.2) is 11.6 Å². The SMILES string of the molecule is c1ccc(-c2ccc(N(c3ccc4oc5ccccc5c4c3)c3nc(-c4ccccc4)nc(-c4ccccc4)n3)cc2)cc1. The number of aromatic nitrogens is 3. The largest absolute Gasteiger partial charge is 0.456 e. The van der Waals surface area contributed by atoms with Crippen molar-refractivity contribution in [3.05, 3.63) is 158 Å². The first-order valence-electron chi connectivity index (χ1n) is 14.5. The van der Waals surface area contributed by atoms with Crippen LogP contribution in [0.2, 0.25) is 0 Å². The maximum atomic E-state index is 6.16. The van der Waals surface area contributed by atoms with E-state index in [1.807, 2.05) is 91.0 Å². The lowest BCUT2D eigenvalue weighted by molar-refractivity contribution is 0.669. The van der Waals surface area contributed by atoms with Gasteiger partial charge in [-0.15, -0.1) is 0 Å². The summed E-state index contributed by atoms with van der Waals surface area (Å²) in [5.41, 5.74) is 7.68. The standard InChI is InChI=1S/C39H26N4O/c1-4-12-27(13-5-1)28-20-22-31(23-21-28)43(32-24-25-36-34(26-32)33-18-10-11-19-35(33)44-36)39-41-37(29-14-6-2-7-15-29)40-38(42-39)30-16-8-3-9-17-30/h1-26H. The first kappa shape index (κ1) is 25.6. The quantitative estimate of drug-likeness (QED) is 0.200. The lowest BCUT2D eigenvalue weighted by Crippen LogP contribution is -2.15. The summed E-state index contributed by atoms with van der Waals surface area (Å²) in [7, 11) is 0. The first-order valence-corrected chi connectivity index (χ1v) is 14.5. The number of fused-ring (bicyclic) bond motifs is 3. The predicted octanol–water partition coefficient (Wildman–Crippen LogP) is 10.2. The summed E-state index contributed by atoms with van der Waals surface area (Å²) in [4.78, 5) is 17.2. The van der Waals surface area contributed by atoms with Gasteiger partial charge in [0.1, 0.15) is 11.2 Å². The van der Waals surface area contributed by atoms with Crippen LogP contribution < -0.4 is 4.90 Å². The molecule has 0 saturated heterocycles. The Labute approximate surface area is 254 Å². The molecule has 44 heavy (non-hydrogen) atoms. The molecule has 0 bridgehead atoms. The second kappa shape index (κ2) is 11.0. The Bertz CT molecular complexity index is 2150. The fraction of sp³-hybridized carbons (Fsp3) is 0. The third-order valence-electron chi connectivity index (χ3n) is 7.74. The number of nitrogens with zero attached hydrogens (tertiary/aromatic N) is 4. The molecule has 0 spiro atoms. The van der Waals surface area contributed by atoms with E-state index in [2.05, 4.69) is 71.6 Å². The topological polar surface area (TPSA) is 55.1 Å². The van der Waals surface area contributed by atoms with E-state index in [-0.39, 0.29) is 0 Å². The summed E-state index contributed by atoms with van der Waals surface area (Å²) in [6.07, 6.45) is 0. The molecule has 6 aromatic carbocycles. The van der Waals surface area contributed by atoms with Crippen LogP contribution in [0.1, 0.15) is 0 Å². The number of hydrogen-bond acceptors (Lipinski definition) is 5. The average molecular weight is 567 g/mol. The maximum Gasteiger partial charge on any atom is 0.238 e. The highest BCUT2D eigenvalue weighted by atomic mass is 16.3. The van der Waals surface area contributed by atoms with E-state index in [1.165, 1.54) is 0 Å². The number of hydrogen-bond donors (Lipinski definition) is 0. The van der Waals surface area contributed by atoms with Gasteiger partial charge in [0.2, 0.25) is 5.95 Å². The minimum absolute atomic E-state index is 0.525. The summed E-state index contributed by atoms with van der Waals surface area (Å²) in [5, 5.41) is 2.10. The Balaban J connectivity index is 1.35. The highest BCUT2D eigenvalue weighted by Gasteiger charge is 2.21. The van der Waals surface area contributed by atoms with Crippen LogP contribution in [0, 0.1) is 0 Å². The van der Waals surface area contributed by atoms with E-state index < -0.39 is 0 Å². The lowest BCUT2D eigenvalue weighted by atomic mass is 10.1. The molecule has 2 heterocycles. The molecule has 0 aliphatic rings. The molecular weight excluding hydrogens is 540 g/mol. The molecule has 0 N–H and O–H groups in total. The van der Waals surface area contributed by atoms with Crippen LogP contribution in [0.25, 0.3) is 55.8 Å². The third kappa shape index (κ3) is 4.76.